The Hall–Kier alpha value is -0.480. The predicted octanol–water partition coefficient (Wildman–Crippen LogP) is 0.364. The lowest BCUT2D eigenvalue weighted by Gasteiger charge is -1.99. The third kappa shape index (κ3) is 1.75. The number of carbonyl (C=O) groups is 1. The van der Waals surface area contributed by atoms with Crippen LogP contribution in [0.1, 0.15) is 10.4 Å². The summed E-state index contributed by atoms with van der Waals surface area (Å²) in [5.41, 5.74) is 0.0725. The summed E-state index contributed by atoms with van der Waals surface area (Å²) >= 11 is 1.09. The van der Waals surface area contributed by atoms with Crippen LogP contribution in [0.3, 0.4) is 0 Å². The molecule has 0 atom stereocenters. The topological polar surface area (TPSA) is 74.6 Å². The Bertz CT molecular complexity index is 312. The molecule has 11 heavy (non-hydrogen) atoms. The Morgan fingerprint density at radius 3 is 2.45 bits per heavy atom. The lowest BCUT2D eigenvalue weighted by molar-refractivity contribution is 0.112. The van der Waals surface area contributed by atoms with Crippen molar-refractivity contribution in [2.75, 3.05) is 0 Å². The van der Waals surface area contributed by atoms with E-state index in [0.717, 1.165) is 11.3 Å². The van der Waals surface area contributed by atoms with Gasteiger partial charge in [-0.3, -0.25) is 9.36 Å². The van der Waals surface area contributed by atoms with Gasteiger partial charge in [0.2, 0.25) is 0 Å². The molecule has 6 heteroatoms. The van der Waals surface area contributed by atoms with Gasteiger partial charge in [0.15, 0.2) is 6.29 Å². The van der Waals surface area contributed by atoms with Crippen molar-refractivity contribution >= 4 is 30.5 Å². The van der Waals surface area contributed by atoms with Gasteiger partial charge in [0.1, 0.15) is 0 Å². The van der Waals surface area contributed by atoms with Crippen molar-refractivity contribution in [3.8, 4) is 0 Å². The predicted molar refractivity (Wildman–Crippen MR) is 41.4 cm³/mol. The molecule has 0 aliphatic heterocycles. The Balaban J connectivity index is 3.23. The second kappa shape index (κ2) is 2.87. The van der Waals surface area contributed by atoms with Crippen LogP contribution in [0.25, 0.3) is 0 Å². The summed E-state index contributed by atoms with van der Waals surface area (Å²) in [5.74, 6) is 0. The van der Waals surface area contributed by atoms with Gasteiger partial charge in [-0.1, -0.05) is 0 Å². The van der Waals surface area contributed by atoms with Crippen molar-refractivity contribution in [2.45, 2.75) is 0 Å². The van der Waals surface area contributed by atoms with Gasteiger partial charge in [-0.15, -0.1) is 0 Å². The first-order valence-corrected chi connectivity index (χ1v) is 5.18. The van der Waals surface area contributed by atoms with Crippen molar-refractivity contribution in [1.82, 2.24) is 0 Å². The fraction of sp³-hybridized carbons (Fsp3) is 0. The molecule has 0 amide bonds. The third-order valence-corrected chi connectivity index (χ3v) is 3.06. The normalized spacial score (nSPS) is 11.5. The number of rotatable bonds is 2. The lowest BCUT2D eigenvalue weighted by atomic mass is 10.4. The van der Waals surface area contributed by atoms with E-state index in [4.69, 9.17) is 9.79 Å². The highest BCUT2D eigenvalue weighted by Crippen LogP contribution is 2.35. The van der Waals surface area contributed by atoms with Crippen molar-refractivity contribution in [3.05, 3.63) is 16.3 Å². The van der Waals surface area contributed by atoms with Crippen molar-refractivity contribution in [2.24, 2.45) is 0 Å². The zero-order chi connectivity index (χ0) is 8.48. The summed E-state index contributed by atoms with van der Waals surface area (Å²) in [6.45, 7) is 0. The largest absolute Gasteiger partial charge is 0.357 e. The Kier molecular flexibility index (Phi) is 2.25. The number of carbonyl (C=O) groups excluding carboxylic acids is 1. The molecule has 0 aliphatic carbocycles. The Labute approximate surface area is 66.6 Å². The number of hydrogen-bond donors (Lipinski definition) is 2. The van der Waals surface area contributed by atoms with E-state index in [1.54, 1.807) is 0 Å². The Morgan fingerprint density at radius 2 is 2.09 bits per heavy atom. The van der Waals surface area contributed by atoms with Crippen LogP contribution >= 0.6 is 18.9 Å². The van der Waals surface area contributed by atoms with Gasteiger partial charge in [-0.2, -0.15) is 11.3 Å². The molecule has 1 aromatic heterocycles. The maximum absolute atomic E-state index is 10.6. The molecule has 0 radical (unpaired) electrons. The minimum atomic E-state index is -4.25. The molecule has 0 spiro atoms. The van der Waals surface area contributed by atoms with E-state index in [1.807, 2.05) is 0 Å². The van der Waals surface area contributed by atoms with Crippen molar-refractivity contribution in [3.63, 3.8) is 0 Å². The van der Waals surface area contributed by atoms with E-state index in [0.29, 0.717) is 6.29 Å². The summed E-state index contributed by atoms with van der Waals surface area (Å²) in [6.07, 6.45) is 0.435. The van der Waals surface area contributed by atoms with E-state index in [-0.39, 0.29) is 10.9 Å². The van der Waals surface area contributed by atoms with Crippen LogP contribution in [0, 0.1) is 0 Å². The molecule has 0 fully saturated rings. The van der Waals surface area contributed by atoms with Crippen molar-refractivity contribution < 1.29 is 19.1 Å². The average molecular weight is 192 g/mol. The maximum Gasteiger partial charge on any atom is 0.357 e. The van der Waals surface area contributed by atoms with Gasteiger partial charge >= 0.3 is 7.60 Å². The first-order valence-electron chi connectivity index (χ1n) is 2.63. The summed E-state index contributed by atoms with van der Waals surface area (Å²) in [6, 6.07) is 0. The van der Waals surface area contributed by atoms with Gasteiger partial charge in [-0.05, 0) is 0 Å². The summed E-state index contributed by atoms with van der Waals surface area (Å²) in [7, 11) is -4.25. The van der Waals surface area contributed by atoms with Gasteiger partial charge in [-0.25, -0.2) is 0 Å². The molecule has 0 aromatic carbocycles. The molecule has 1 heterocycles. The molecular formula is C5H5O4PS. The lowest BCUT2D eigenvalue weighted by Crippen LogP contribution is -2.05. The van der Waals surface area contributed by atoms with Crippen LogP contribution < -0.4 is 5.30 Å². The SMILES string of the molecule is O=Cc1cscc1P(=O)(O)O. The fourth-order valence-electron chi connectivity index (χ4n) is 0.625. The molecule has 0 unspecified atom stereocenters. The number of aldehydes is 1. The van der Waals surface area contributed by atoms with E-state index in [2.05, 4.69) is 0 Å². The molecule has 1 rings (SSSR count). The summed E-state index contributed by atoms with van der Waals surface area (Å²) < 4.78 is 10.6. The monoisotopic (exact) mass is 192 g/mol. The second-order valence-corrected chi connectivity index (χ2v) is 4.19. The molecule has 0 saturated carbocycles. The van der Waals surface area contributed by atoms with Crippen LogP contribution in [0.15, 0.2) is 10.8 Å². The zero-order valence-corrected chi connectivity index (χ0v) is 7.01. The maximum atomic E-state index is 10.6. The van der Waals surface area contributed by atoms with Gasteiger partial charge in [0.05, 0.1) is 5.30 Å². The molecule has 4 nitrogen and oxygen atoms in total. The molecule has 0 saturated heterocycles. The van der Waals surface area contributed by atoms with E-state index < -0.39 is 7.60 Å². The quantitative estimate of drug-likeness (QED) is 0.524. The summed E-state index contributed by atoms with van der Waals surface area (Å²) in [4.78, 5) is 27.5. The molecule has 2 N–H and O–H groups in total. The number of hydrogen-bond acceptors (Lipinski definition) is 3. The standard InChI is InChI=1S/C5H5O4PS/c6-1-4-2-11-3-5(4)10(7,8)9/h1-3H,(H2,7,8,9). The van der Waals surface area contributed by atoms with Crippen LogP contribution in [-0.4, -0.2) is 16.1 Å². The van der Waals surface area contributed by atoms with Crippen molar-refractivity contribution in [1.29, 1.82) is 0 Å². The molecular weight excluding hydrogens is 187 g/mol. The molecule has 1 aromatic rings. The Morgan fingerprint density at radius 1 is 1.45 bits per heavy atom. The molecule has 60 valence electrons. The highest BCUT2D eigenvalue weighted by Gasteiger charge is 2.21. The number of thiophene rings is 1. The molecule has 0 aliphatic rings. The smallest absolute Gasteiger partial charge is 0.321 e. The van der Waals surface area contributed by atoms with Crippen LogP contribution in [0.4, 0.5) is 0 Å². The van der Waals surface area contributed by atoms with E-state index in [1.165, 1.54) is 10.8 Å². The first kappa shape index (κ1) is 8.62. The summed E-state index contributed by atoms with van der Waals surface area (Å²) in [5, 5.41) is 2.50. The van der Waals surface area contributed by atoms with Crippen LogP contribution in [-0.2, 0) is 4.57 Å². The second-order valence-electron chi connectivity index (χ2n) is 1.87. The van der Waals surface area contributed by atoms with Crippen LogP contribution in [0.2, 0.25) is 0 Å². The van der Waals surface area contributed by atoms with E-state index in [9.17, 15) is 9.36 Å². The highest BCUT2D eigenvalue weighted by atomic mass is 32.1. The van der Waals surface area contributed by atoms with Gasteiger partial charge in [0.25, 0.3) is 0 Å². The average Bonchev–Trinajstić information content (AvgIpc) is 2.31. The third-order valence-electron chi connectivity index (χ3n) is 1.11. The van der Waals surface area contributed by atoms with E-state index >= 15 is 0 Å². The molecule has 0 bridgehead atoms. The first-order chi connectivity index (χ1) is 5.05. The zero-order valence-electron chi connectivity index (χ0n) is 5.30. The fourth-order valence-corrected chi connectivity index (χ4v) is 2.56. The minimum absolute atomic E-state index is 0.0725. The van der Waals surface area contributed by atoms with Gasteiger partial charge < -0.3 is 9.79 Å². The van der Waals surface area contributed by atoms with Crippen LogP contribution in [0.5, 0.6) is 0 Å². The minimum Gasteiger partial charge on any atom is -0.321 e. The highest BCUT2D eigenvalue weighted by molar-refractivity contribution is 7.61. The van der Waals surface area contributed by atoms with Gasteiger partial charge in [0, 0.05) is 16.3 Å².